The summed E-state index contributed by atoms with van der Waals surface area (Å²) in [6.07, 6.45) is 4.14. The first-order chi connectivity index (χ1) is 15.4. The van der Waals surface area contributed by atoms with Gasteiger partial charge in [0.1, 0.15) is 18.0 Å². The molecule has 7 heteroatoms. The van der Waals surface area contributed by atoms with Crippen LogP contribution in [0.15, 0.2) is 35.9 Å². The number of nitrogens with one attached hydrogen (secondary N) is 1. The van der Waals surface area contributed by atoms with Crippen molar-refractivity contribution in [2.45, 2.75) is 70.6 Å². The van der Waals surface area contributed by atoms with Crippen molar-refractivity contribution < 1.29 is 24.5 Å². The van der Waals surface area contributed by atoms with Crippen molar-refractivity contribution >= 4 is 11.8 Å². The number of unbranched alkanes of at least 4 members (excludes halogenated alkanes) is 3. The number of aliphatic hydroxyl groups excluding tert-OH is 2. The molecule has 2 amide bonds. The first-order valence-electron chi connectivity index (χ1n) is 11.8. The molecule has 1 heterocycles. The SMILES string of the molecule is CCCCCCN(C(=O)C(C)C)C1C=C(C(=O)NCCO)C2c3ccccc3OC2C1O. The Bertz CT molecular complexity index is 837. The summed E-state index contributed by atoms with van der Waals surface area (Å²) in [5.74, 6) is -0.368. The van der Waals surface area contributed by atoms with Gasteiger partial charge in [-0.2, -0.15) is 0 Å². The number of para-hydroxylation sites is 1. The fourth-order valence-corrected chi connectivity index (χ4v) is 4.64. The monoisotopic (exact) mass is 444 g/mol. The fourth-order valence-electron chi connectivity index (χ4n) is 4.64. The molecule has 3 N–H and O–H groups in total. The lowest BCUT2D eigenvalue weighted by Crippen LogP contribution is -2.56. The maximum Gasteiger partial charge on any atom is 0.247 e. The van der Waals surface area contributed by atoms with Gasteiger partial charge >= 0.3 is 0 Å². The fraction of sp³-hybridized carbons (Fsp3) is 0.600. The molecular formula is C25H36N2O5. The molecule has 0 saturated heterocycles. The Morgan fingerprint density at radius 3 is 2.62 bits per heavy atom. The second kappa shape index (κ2) is 11.0. The molecule has 1 aromatic rings. The molecule has 176 valence electrons. The van der Waals surface area contributed by atoms with Crippen LogP contribution in [0.3, 0.4) is 0 Å². The summed E-state index contributed by atoms with van der Waals surface area (Å²) in [6.45, 7) is 6.32. The van der Waals surface area contributed by atoms with Gasteiger partial charge in [-0.05, 0) is 18.6 Å². The van der Waals surface area contributed by atoms with E-state index in [1.165, 1.54) is 0 Å². The number of hydrogen-bond acceptors (Lipinski definition) is 5. The van der Waals surface area contributed by atoms with Crippen molar-refractivity contribution in [2.24, 2.45) is 5.92 Å². The van der Waals surface area contributed by atoms with Gasteiger partial charge in [-0.25, -0.2) is 0 Å². The summed E-state index contributed by atoms with van der Waals surface area (Å²) in [6, 6.07) is 6.83. The van der Waals surface area contributed by atoms with E-state index in [0.717, 1.165) is 31.2 Å². The first kappa shape index (κ1) is 24.3. The predicted octanol–water partition coefficient (Wildman–Crippen LogP) is 2.37. The molecule has 7 nitrogen and oxygen atoms in total. The maximum atomic E-state index is 13.1. The number of rotatable bonds is 10. The van der Waals surface area contributed by atoms with E-state index in [2.05, 4.69) is 12.2 Å². The summed E-state index contributed by atoms with van der Waals surface area (Å²) >= 11 is 0. The standard InChI is InChI=1S/C25H36N2O5/c1-4-5-6-9-13-27(25(31)16(2)3)19-15-18(24(30)26-12-14-28)21-17-10-7-8-11-20(17)32-23(21)22(19)29/h7-8,10-11,15-16,19,21-23,28-29H,4-6,9,12-14H2,1-3H3,(H,26,30). The second-order valence-electron chi connectivity index (χ2n) is 8.93. The van der Waals surface area contributed by atoms with Crippen LogP contribution < -0.4 is 10.1 Å². The zero-order valence-electron chi connectivity index (χ0n) is 19.3. The Kier molecular flexibility index (Phi) is 8.32. The van der Waals surface area contributed by atoms with E-state index in [-0.39, 0.29) is 30.9 Å². The molecule has 32 heavy (non-hydrogen) atoms. The van der Waals surface area contributed by atoms with E-state index >= 15 is 0 Å². The van der Waals surface area contributed by atoms with Crippen LogP contribution in [0.1, 0.15) is 57.9 Å². The third-order valence-electron chi connectivity index (χ3n) is 6.27. The molecule has 0 saturated carbocycles. The molecule has 2 aliphatic rings. The van der Waals surface area contributed by atoms with Gasteiger partial charge in [-0.3, -0.25) is 9.59 Å². The van der Waals surface area contributed by atoms with Crippen LogP contribution in [0.25, 0.3) is 0 Å². The zero-order chi connectivity index (χ0) is 23.3. The van der Waals surface area contributed by atoms with Gasteiger partial charge in [0.15, 0.2) is 0 Å². The minimum absolute atomic E-state index is 0.0501. The smallest absolute Gasteiger partial charge is 0.247 e. The van der Waals surface area contributed by atoms with Gasteiger partial charge in [0.2, 0.25) is 11.8 Å². The molecule has 0 radical (unpaired) electrons. The Morgan fingerprint density at radius 2 is 1.94 bits per heavy atom. The van der Waals surface area contributed by atoms with Crippen LogP contribution in [-0.2, 0) is 9.59 Å². The number of nitrogens with zero attached hydrogens (tertiary/aromatic N) is 1. The van der Waals surface area contributed by atoms with Crippen molar-refractivity contribution in [1.82, 2.24) is 10.2 Å². The van der Waals surface area contributed by atoms with E-state index in [4.69, 9.17) is 9.84 Å². The number of carbonyl (C=O) groups is 2. The number of hydrogen-bond donors (Lipinski definition) is 3. The molecule has 3 rings (SSSR count). The number of ether oxygens (including phenoxy) is 1. The quantitative estimate of drug-likeness (QED) is 0.481. The third-order valence-corrected chi connectivity index (χ3v) is 6.27. The Labute approximate surface area is 190 Å². The number of aliphatic hydroxyl groups is 2. The van der Waals surface area contributed by atoms with E-state index in [1.807, 2.05) is 38.1 Å². The lowest BCUT2D eigenvalue weighted by atomic mass is 9.77. The van der Waals surface area contributed by atoms with Gasteiger partial charge in [-0.1, -0.05) is 58.2 Å². The zero-order valence-corrected chi connectivity index (χ0v) is 19.3. The van der Waals surface area contributed by atoms with Crippen molar-refractivity contribution in [3.63, 3.8) is 0 Å². The summed E-state index contributed by atoms with van der Waals surface area (Å²) in [5, 5.41) is 23.3. The highest BCUT2D eigenvalue weighted by atomic mass is 16.5. The van der Waals surface area contributed by atoms with Gasteiger partial charge in [0.05, 0.1) is 18.6 Å². The van der Waals surface area contributed by atoms with Crippen LogP contribution in [0.4, 0.5) is 0 Å². The average Bonchev–Trinajstić information content (AvgIpc) is 3.18. The molecule has 1 aliphatic carbocycles. The summed E-state index contributed by atoms with van der Waals surface area (Å²) < 4.78 is 6.11. The molecule has 1 aromatic carbocycles. The molecule has 0 spiro atoms. The van der Waals surface area contributed by atoms with Gasteiger partial charge < -0.3 is 25.2 Å². The number of amides is 2. The Hall–Kier alpha value is -2.38. The van der Waals surface area contributed by atoms with Crippen LogP contribution in [0.5, 0.6) is 5.75 Å². The third kappa shape index (κ3) is 4.99. The topological polar surface area (TPSA) is 99.1 Å². The highest BCUT2D eigenvalue weighted by Gasteiger charge is 2.50. The Balaban J connectivity index is 1.98. The van der Waals surface area contributed by atoms with E-state index in [9.17, 15) is 14.7 Å². The van der Waals surface area contributed by atoms with Crippen molar-refractivity contribution in [1.29, 1.82) is 0 Å². The Morgan fingerprint density at radius 1 is 1.19 bits per heavy atom. The molecule has 0 aromatic heterocycles. The number of carbonyl (C=O) groups excluding carboxylic acids is 2. The van der Waals surface area contributed by atoms with Crippen molar-refractivity contribution in [2.75, 3.05) is 19.7 Å². The molecule has 0 fully saturated rings. The predicted molar refractivity (Wildman–Crippen MR) is 122 cm³/mol. The van der Waals surface area contributed by atoms with E-state index in [0.29, 0.717) is 17.9 Å². The van der Waals surface area contributed by atoms with Crippen LogP contribution in [0.2, 0.25) is 0 Å². The average molecular weight is 445 g/mol. The summed E-state index contributed by atoms with van der Waals surface area (Å²) in [7, 11) is 0. The largest absolute Gasteiger partial charge is 0.486 e. The minimum atomic E-state index is -0.962. The minimum Gasteiger partial charge on any atom is -0.486 e. The molecule has 0 bridgehead atoms. The van der Waals surface area contributed by atoms with Crippen LogP contribution in [0, 0.1) is 5.92 Å². The molecule has 4 atom stereocenters. The van der Waals surface area contributed by atoms with Gasteiger partial charge in [0, 0.05) is 30.1 Å². The number of fused-ring (bicyclic) bond motifs is 3. The molecule has 4 unspecified atom stereocenters. The van der Waals surface area contributed by atoms with Crippen LogP contribution >= 0.6 is 0 Å². The lowest BCUT2D eigenvalue weighted by Gasteiger charge is -2.41. The van der Waals surface area contributed by atoms with Crippen molar-refractivity contribution in [3.05, 3.63) is 41.5 Å². The van der Waals surface area contributed by atoms with E-state index in [1.54, 1.807) is 11.0 Å². The highest BCUT2D eigenvalue weighted by Crippen LogP contribution is 2.47. The van der Waals surface area contributed by atoms with Gasteiger partial charge in [0.25, 0.3) is 0 Å². The van der Waals surface area contributed by atoms with Gasteiger partial charge in [-0.15, -0.1) is 0 Å². The lowest BCUT2D eigenvalue weighted by molar-refractivity contribution is -0.140. The van der Waals surface area contributed by atoms with Crippen molar-refractivity contribution in [3.8, 4) is 5.75 Å². The summed E-state index contributed by atoms with van der Waals surface area (Å²) in [5.41, 5.74) is 1.32. The van der Waals surface area contributed by atoms with E-state index < -0.39 is 24.2 Å². The maximum absolute atomic E-state index is 13.1. The summed E-state index contributed by atoms with van der Waals surface area (Å²) in [4.78, 5) is 27.9. The normalized spacial score (nSPS) is 23.8. The molecule has 1 aliphatic heterocycles. The van der Waals surface area contributed by atoms with Crippen LogP contribution in [-0.4, -0.2) is 64.9 Å². The molecular weight excluding hydrogens is 408 g/mol. The second-order valence-corrected chi connectivity index (χ2v) is 8.93. The first-order valence-corrected chi connectivity index (χ1v) is 11.8. The number of benzene rings is 1. The highest BCUT2D eigenvalue weighted by molar-refractivity contribution is 5.96.